The summed E-state index contributed by atoms with van der Waals surface area (Å²) in [5, 5.41) is 0. The van der Waals surface area contributed by atoms with Gasteiger partial charge in [0.2, 0.25) is 0 Å². The Balaban J connectivity index is 4.40. The van der Waals surface area contributed by atoms with Crippen LogP contribution >= 0.6 is 0 Å². The zero-order valence-electron chi connectivity index (χ0n) is 10.2. The lowest BCUT2D eigenvalue weighted by Crippen LogP contribution is -2.49. The minimum atomic E-state index is -2.52. The molecule has 0 heterocycles. The Kier molecular flexibility index (Phi) is 8.21. The fourth-order valence-electron chi connectivity index (χ4n) is 1.34. The molecule has 15 heavy (non-hydrogen) atoms. The lowest BCUT2D eigenvalue weighted by Gasteiger charge is -2.30. The summed E-state index contributed by atoms with van der Waals surface area (Å²) in [6.07, 6.45) is 0.104. The van der Waals surface area contributed by atoms with Crippen molar-refractivity contribution < 1.29 is 13.3 Å². The highest BCUT2D eigenvalue weighted by atomic mass is 28.4. The molecule has 0 rings (SSSR count). The summed E-state index contributed by atoms with van der Waals surface area (Å²) in [5.41, 5.74) is 2.61. The number of rotatable bonds is 9. The first-order valence-corrected chi connectivity index (χ1v) is 7.42. The topological polar surface area (TPSA) is 65.7 Å². The second-order valence-electron chi connectivity index (χ2n) is 3.42. The van der Waals surface area contributed by atoms with E-state index >= 15 is 0 Å². The van der Waals surface area contributed by atoms with E-state index in [0.29, 0.717) is 25.8 Å². The molecule has 0 amide bonds. The van der Waals surface area contributed by atoms with Crippen LogP contribution in [0, 0.1) is 0 Å². The van der Waals surface area contributed by atoms with Gasteiger partial charge in [-0.05, 0) is 27.7 Å². The normalized spacial score (nSPS) is 12.4. The number of hydrogen-bond donors (Lipinski definition) is 2. The standard InChI is InChI=1S/C9H24N2O3Si/c1-5-12-15(13-6-2,8-7-11-10)14-9(3)4/h9,11H,5-8,10H2,1-4H3. The number of nitrogens with two attached hydrogens (primary N) is 1. The SMILES string of the molecule is CCO[Si](CCNN)(OCC)OC(C)C. The number of hydrazine groups is 1. The predicted octanol–water partition coefficient (Wildman–Crippen LogP) is 0.887. The van der Waals surface area contributed by atoms with Crippen LogP contribution < -0.4 is 11.3 Å². The van der Waals surface area contributed by atoms with E-state index in [0.717, 1.165) is 0 Å². The fraction of sp³-hybridized carbons (Fsp3) is 1.00. The van der Waals surface area contributed by atoms with E-state index in [1.165, 1.54) is 0 Å². The second kappa shape index (κ2) is 8.20. The summed E-state index contributed by atoms with van der Waals surface area (Å²) < 4.78 is 17.2. The van der Waals surface area contributed by atoms with Gasteiger partial charge in [0.15, 0.2) is 0 Å². The molecular formula is C9H24N2O3Si. The molecule has 0 saturated carbocycles. The monoisotopic (exact) mass is 236 g/mol. The summed E-state index contributed by atoms with van der Waals surface area (Å²) >= 11 is 0. The first-order valence-electron chi connectivity index (χ1n) is 5.49. The van der Waals surface area contributed by atoms with E-state index in [1.807, 2.05) is 27.7 Å². The molecule has 0 aliphatic carbocycles. The van der Waals surface area contributed by atoms with Gasteiger partial charge in [-0.25, -0.2) is 0 Å². The molecule has 0 aliphatic rings. The maximum atomic E-state index is 5.82. The van der Waals surface area contributed by atoms with Crippen LogP contribution in [0.4, 0.5) is 0 Å². The summed E-state index contributed by atoms with van der Waals surface area (Å²) in [4.78, 5) is 0. The fourth-order valence-corrected chi connectivity index (χ4v) is 4.01. The highest BCUT2D eigenvalue weighted by molar-refractivity contribution is 6.60. The third kappa shape index (κ3) is 6.24. The molecule has 92 valence electrons. The van der Waals surface area contributed by atoms with Crippen molar-refractivity contribution in [2.24, 2.45) is 5.84 Å². The van der Waals surface area contributed by atoms with Gasteiger partial charge >= 0.3 is 8.80 Å². The molecule has 0 atom stereocenters. The molecule has 0 aliphatic heterocycles. The molecule has 0 radical (unpaired) electrons. The van der Waals surface area contributed by atoms with Crippen LogP contribution in [-0.2, 0) is 13.3 Å². The van der Waals surface area contributed by atoms with Crippen LogP contribution in [-0.4, -0.2) is 34.7 Å². The molecule has 3 N–H and O–H groups in total. The van der Waals surface area contributed by atoms with Crippen molar-refractivity contribution in [3.05, 3.63) is 0 Å². The molecule has 0 bridgehead atoms. The average Bonchev–Trinajstić information content (AvgIpc) is 2.14. The van der Waals surface area contributed by atoms with Crippen molar-refractivity contribution in [3.8, 4) is 0 Å². The average molecular weight is 236 g/mol. The zero-order chi connectivity index (χ0) is 11.7. The van der Waals surface area contributed by atoms with Crippen LogP contribution in [0.25, 0.3) is 0 Å². The molecule has 5 nitrogen and oxygen atoms in total. The van der Waals surface area contributed by atoms with Crippen molar-refractivity contribution in [1.82, 2.24) is 5.43 Å². The summed E-state index contributed by atoms with van der Waals surface area (Å²) in [7, 11) is -2.52. The van der Waals surface area contributed by atoms with Crippen LogP contribution in [0.1, 0.15) is 27.7 Å². The van der Waals surface area contributed by atoms with Gasteiger partial charge in [-0.15, -0.1) is 0 Å². The van der Waals surface area contributed by atoms with Gasteiger partial charge < -0.3 is 13.3 Å². The molecular weight excluding hydrogens is 212 g/mol. The Labute approximate surface area is 93.6 Å². The van der Waals surface area contributed by atoms with Crippen molar-refractivity contribution in [3.63, 3.8) is 0 Å². The number of hydrogen-bond acceptors (Lipinski definition) is 5. The largest absolute Gasteiger partial charge is 0.502 e. The van der Waals surface area contributed by atoms with E-state index < -0.39 is 8.80 Å². The molecule has 0 unspecified atom stereocenters. The molecule has 0 saturated heterocycles. The van der Waals surface area contributed by atoms with Crippen LogP contribution in [0.2, 0.25) is 6.04 Å². The van der Waals surface area contributed by atoms with Crippen LogP contribution in [0.5, 0.6) is 0 Å². The van der Waals surface area contributed by atoms with Crippen LogP contribution in [0.3, 0.4) is 0 Å². The van der Waals surface area contributed by atoms with Crippen LogP contribution in [0.15, 0.2) is 0 Å². The predicted molar refractivity (Wildman–Crippen MR) is 62.2 cm³/mol. The third-order valence-corrected chi connectivity index (χ3v) is 4.87. The van der Waals surface area contributed by atoms with Crippen molar-refractivity contribution in [2.75, 3.05) is 19.8 Å². The van der Waals surface area contributed by atoms with Gasteiger partial charge in [-0.1, -0.05) is 0 Å². The molecule has 0 aromatic rings. The van der Waals surface area contributed by atoms with Crippen molar-refractivity contribution in [2.45, 2.75) is 39.8 Å². The molecule has 0 spiro atoms. The smallest absolute Gasteiger partial charge is 0.374 e. The van der Waals surface area contributed by atoms with Gasteiger partial charge in [0.1, 0.15) is 0 Å². The molecule has 0 aromatic heterocycles. The lowest BCUT2D eigenvalue weighted by molar-refractivity contribution is 0.0444. The minimum Gasteiger partial charge on any atom is -0.374 e. The quantitative estimate of drug-likeness (QED) is 0.353. The molecule has 0 fully saturated rings. The highest BCUT2D eigenvalue weighted by Crippen LogP contribution is 2.17. The van der Waals surface area contributed by atoms with Crippen molar-refractivity contribution in [1.29, 1.82) is 0 Å². The van der Waals surface area contributed by atoms with E-state index in [9.17, 15) is 0 Å². The Morgan fingerprint density at radius 1 is 1.20 bits per heavy atom. The summed E-state index contributed by atoms with van der Waals surface area (Å²) in [5.74, 6) is 5.26. The zero-order valence-corrected chi connectivity index (χ0v) is 11.2. The van der Waals surface area contributed by atoms with Gasteiger partial charge in [0.25, 0.3) is 0 Å². The summed E-state index contributed by atoms with van der Waals surface area (Å²) in [6.45, 7) is 9.69. The van der Waals surface area contributed by atoms with Gasteiger partial charge in [-0.3, -0.25) is 11.3 Å². The van der Waals surface area contributed by atoms with Gasteiger partial charge in [0.05, 0.1) is 0 Å². The third-order valence-electron chi connectivity index (χ3n) is 1.72. The van der Waals surface area contributed by atoms with E-state index in [1.54, 1.807) is 0 Å². The Hall–Kier alpha value is 0.0169. The number of nitrogens with one attached hydrogen (secondary N) is 1. The van der Waals surface area contributed by atoms with Crippen molar-refractivity contribution >= 4 is 8.80 Å². The maximum Gasteiger partial charge on any atom is 0.502 e. The maximum absolute atomic E-state index is 5.82. The van der Waals surface area contributed by atoms with E-state index in [-0.39, 0.29) is 6.10 Å². The van der Waals surface area contributed by atoms with E-state index in [2.05, 4.69) is 5.43 Å². The Morgan fingerprint density at radius 3 is 2.07 bits per heavy atom. The highest BCUT2D eigenvalue weighted by Gasteiger charge is 2.40. The lowest BCUT2D eigenvalue weighted by atomic mass is 10.5. The minimum absolute atomic E-state index is 0.104. The van der Waals surface area contributed by atoms with Gasteiger partial charge in [-0.2, -0.15) is 0 Å². The first-order chi connectivity index (χ1) is 7.10. The Morgan fingerprint density at radius 2 is 1.73 bits per heavy atom. The Bertz CT molecular complexity index is 152. The van der Waals surface area contributed by atoms with E-state index in [4.69, 9.17) is 19.1 Å². The second-order valence-corrected chi connectivity index (χ2v) is 6.10. The first kappa shape index (κ1) is 15.0. The summed E-state index contributed by atoms with van der Waals surface area (Å²) in [6, 6.07) is 0.698. The molecule has 0 aromatic carbocycles. The van der Waals surface area contributed by atoms with Gasteiger partial charge in [0, 0.05) is 31.9 Å². The molecule has 6 heteroatoms.